The van der Waals surface area contributed by atoms with Gasteiger partial charge in [-0.25, -0.2) is 4.79 Å². The third kappa shape index (κ3) is 3.32. The molecule has 4 atom stereocenters. The molecule has 7 heteroatoms. The zero-order valence-electron chi connectivity index (χ0n) is 17.0. The molecule has 1 N–H and O–H groups in total. The number of imide groups is 1. The highest BCUT2D eigenvalue weighted by Crippen LogP contribution is 2.32. The number of nitrogens with zero attached hydrogens (tertiary/aromatic N) is 4. The summed E-state index contributed by atoms with van der Waals surface area (Å²) in [5, 5.41) is 3.58. The lowest BCUT2D eigenvalue weighted by Gasteiger charge is -2.45. The summed E-state index contributed by atoms with van der Waals surface area (Å²) in [5.41, 5.74) is 1.26. The molecule has 0 radical (unpaired) electrons. The normalized spacial score (nSPS) is 31.2. The van der Waals surface area contributed by atoms with Crippen molar-refractivity contribution in [3.63, 3.8) is 0 Å². The predicted molar refractivity (Wildman–Crippen MR) is 107 cm³/mol. The fraction of sp³-hybridized carbons (Fsp3) is 0.619. The Balaban J connectivity index is 1.59. The Morgan fingerprint density at radius 1 is 1.14 bits per heavy atom. The number of carbonyl (C=O) groups is 2. The number of likely N-dealkylation sites (N-methyl/N-ethyl adjacent to an activating group) is 1. The lowest BCUT2D eigenvalue weighted by atomic mass is 10.0. The first-order valence-corrected chi connectivity index (χ1v) is 10.4. The first-order valence-electron chi connectivity index (χ1n) is 10.4. The minimum atomic E-state index is -0.314. The van der Waals surface area contributed by atoms with Crippen LogP contribution in [0, 0.1) is 5.92 Å². The van der Waals surface area contributed by atoms with Gasteiger partial charge in [0, 0.05) is 33.2 Å². The van der Waals surface area contributed by atoms with E-state index in [1.807, 2.05) is 13.1 Å². The van der Waals surface area contributed by atoms with Crippen LogP contribution < -0.4 is 5.32 Å². The summed E-state index contributed by atoms with van der Waals surface area (Å²) in [6.45, 7) is 7.46. The second kappa shape index (κ2) is 7.81. The number of unbranched alkanes of at least 4 members (excludes halogenated alkanes) is 1. The van der Waals surface area contributed by atoms with Gasteiger partial charge in [-0.2, -0.15) is 0 Å². The van der Waals surface area contributed by atoms with E-state index in [-0.39, 0.29) is 30.4 Å². The molecule has 3 aliphatic heterocycles. The molecule has 3 heterocycles. The number of benzene rings is 1. The Kier molecular flexibility index (Phi) is 5.40. The molecule has 4 unspecified atom stereocenters. The van der Waals surface area contributed by atoms with Gasteiger partial charge in [-0.05, 0) is 17.9 Å². The first-order chi connectivity index (χ1) is 13.5. The highest BCUT2D eigenvalue weighted by molar-refractivity contribution is 6.00. The van der Waals surface area contributed by atoms with Crippen LogP contribution in [0.15, 0.2) is 30.3 Å². The SMILES string of the molecule is CCCCN1C(=O)C2C(NC3N(Cc4ccccc4)CC(C)CN23)N(C)C1=O. The van der Waals surface area contributed by atoms with Crippen LogP contribution in [0.1, 0.15) is 32.3 Å². The van der Waals surface area contributed by atoms with Gasteiger partial charge in [0.15, 0.2) is 0 Å². The quantitative estimate of drug-likeness (QED) is 0.836. The van der Waals surface area contributed by atoms with Gasteiger partial charge in [0.05, 0.1) is 0 Å². The maximum Gasteiger partial charge on any atom is 0.327 e. The molecule has 28 heavy (non-hydrogen) atoms. The summed E-state index contributed by atoms with van der Waals surface area (Å²) in [4.78, 5) is 33.9. The average molecular weight is 386 g/mol. The van der Waals surface area contributed by atoms with Crippen molar-refractivity contribution in [2.75, 3.05) is 26.7 Å². The van der Waals surface area contributed by atoms with E-state index in [4.69, 9.17) is 0 Å². The van der Waals surface area contributed by atoms with Gasteiger partial charge in [0.25, 0.3) is 5.91 Å². The van der Waals surface area contributed by atoms with E-state index in [2.05, 4.69) is 53.2 Å². The van der Waals surface area contributed by atoms with Crippen LogP contribution in [0.4, 0.5) is 4.79 Å². The summed E-state index contributed by atoms with van der Waals surface area (Å²) in [6, 6.07) is 9.92. The van der Waals surface area contributed by atoms with Gasteiger partial charge in [-0.15, -0.1) is 0 Å². The van der Waals surface area contributed by atoms with Crippen LogP contribution in [0.3, 0.4) is 0 Å². The van der Waals surface area contributed by atoms with E-state index < -0.39 is 0 Å². The molecule has 3 saturated heterocycles. The summed E-state index contributed by atoms with van der Waals surface area (Å²) < 4.78 is 0. The Hall–Kier alpha value is -1.96. The fourth-order valence-electron chi connectivity index (χ4n) is 4.77. The Labute approximate surface area is 167 Å². The van der Waals surface area contributed by atoms with Crippen molar-refractivity contribution in [3.05, 3.63) is 35.9 Å². The lowest BCUT2D eigenvalue weighted by Crippen LogP contribution is -2.66. The minimum absolute atomic E-state index is 0.0308. The molecule has 0 spiro atoms. The van der Waals surface area contributed by atoms with Crippen LogP contribution in [0.5, 0.6) is 0 Å². The van der Waals surface area contributed by atoms with Crippen molar-refractivity contribution in [3.8, 4) is 0 Å². The van der Waals surface area contributed by atoms with Crippen molar-refractivity contribution < 1.29 is 9.59 Å². The summed E-state index contributed by atoms with van der Waals surface area (Å²) in [6.07, 6.45) is 1.50. The summed E-state index contributed by atoms with van der Waals surface area (Å²) in [5.74, 6) is 0.408. The van der Waals surface area contributed by atoms with Crippen molar-refractivity contribution in [2.45, 2.75) is 51.7 Å². The number of amides is 3. The molecule has 0 aromatic heterocycles. The Morgan fingerprint density at radius 3 is 2.61 bits per heavy atom. The van der Waals surface area contributed by atoms with Crippen LogP contribution >= 0.6 is 0 Å². The number of hydrogen-bond acceptors (Lipinski definition) is 5. The number of carbonyl (C=O) groups excluding carboxylic acids is 2. The van der Waals surface area contributed by atoms with Crippen LogP contribution in [0.2, 0.25) is 0 Å². The van der Waals surface area contributed by atoms with E-state index >= 15 is 0 Å². The zero-order valence-corrected chi connectivity index (χ0v) is 17.0. The van der Waals surface area contributed by atoms with Gasteiger partial charge >= 0.3 is 6.03 Å². The zero-order chi connectivity index (χ0) is 19.8. The highest BCUT2D eigenvalue weighted by Gasteiger charge is 2.56. The number of rotatable bonds is 5. The third-order valence-corrected chi connectivity index (χ3v) is 6.14. The van der Waals surface area contributed by atoms with Crippen molar-refractivity contribution in [1.82, 2.24) is 24.9 Å². The molecule has 0 saturated carbocycles. The van der Waals surface area contributed by atoms with Gasteiger partial charge in [0.1, 0.15) is 18.5 Å². The first kappa shape index (κ1) is 19.4. The number of urea groups is 1. The summed E-state index contributed by atoms with van der Waals surface area (Å²) in [7, 11) is 1.81. The Bertz CT molecular complexity index is 727. The van der Waals surface area contributed by atoms with E-state index in [0.29, 0.717) is 12.5 Å². The van der Waals surface area contributed by atoms with Gasteiger partial charge < -0.3 is 4.90 Å². The lowest BCUT2D eigenvalue weighted by molar-refractivity contribution is -0.140. The van der Waals surface area contributed by atoms with Crippen molar-refractivity contribution in [2.24, 2.45) is 5.92 Å². The Morgan fingerprint density at radius 2 is 1.89 bits per heavy atom. The van der Waals surface area contributed by atoms with Gasteiger partial charge in [-0.3, -0.25) is 24.8 Å². The molecule has 3 aliphatic rings. The van der Waals surface area contributed by atoms with Crippen molar-refractivity contribution in [1.29, 1.82) is 0 Å². The smallest absolute Gasteiger partial charge is 0.310 e. The molecule has 3 amide bonds. The van der Waals surface area contributed by atoms with Crippen LogP contribution in [-0.2, 0) is 11.3 Å². The van der Waals surface area contributed by atoms with E-state index in [1.54, 1.807) is 4.90 Å². The second-order valence-electron chi connectivity index (χ2n) is 8.38. The molecule has 4 rings (SSSR count). The number of hydrogen-bond donors (Lipinski definition) is 1. The second-order valence-corrected chi connectivity index (χ2v) is 8.38. The van der Waals surface area contributed by atoms with Crippen LogP contribution in [0.25, 0.3) is 0 Å². The number of fused-ring (bicyclic) bond motifs is 3. The van der Waals surface area contributed by atoms with Crippen LogP contribution in [-0.4, -0.2) is 76.7 Å². The molecule has 3 fully saturated rings. The fourth-order valence-corrected chi connectivity index (χ4v) is 4.77. The predicted octanol–water partition coefficient (Wildman–Crippen LogP) is 1.72. The molecule has 0 bridgehead atoms. The largest absolute Gasteiger partial charge is 0.327 e. The summed E-state index contributed by atoms with van der Waals surface area (Å²) >= 11 is 0. The highest BCUT2D eigenvalue weighted by atomic mass is 16.2. The van der Waals surface area contributed by atoms with Crippen molar-refractivity contribution >= 4 is 11.9 Å². The minimum Gasteiger partial charge on any atom is -0.310 e. The van der Waals surface area contributed by atoms with E-state index in [1.165, 1.54) is 10.5 Å². The molecule has 0 aliphatic carbocycles. The molecule has 152 valence electrons. The van der Waals surface area contributed by atoms with Gasteiger partial charge in [0.2, 0.25) is 0 Å². The molecular formula is C21H31N5O2. The molecule has 7 nitrogen and oxygen atoms in total. The maximum atomic E-state index is 13.3. The third-order valence-electron chi connectivity index (χ3n) is 6.14. The topological polar surface area (TPSA) is 59.1 Å². The van der Waals surface area contributed by atoms with E-state index in [9.17, 15) is 9.59 Å². The standard InChI is InChI=1S/C21H31N5O2/c1-4-5-11-25-19(27)17-18(23(3)21(25)28)22-20-24(12-15(2)13-26(17)20)14-16-9-7-6-8-10-16/h6-10,15,17-18,20,22H,4-5,11-14H2,1-3H3. The number of nitrogens with one attached hydrogen (secondary N) is 1. The maximum absolute atomic E-state index is 13.3. The average Bonchev–Trinajstić information content (AvgIpc) is 3.07. The molecular weight excluding hydrogens is 354 g/mol. The monoisotopic (exact) mass is 385 g/mol. The van der Waals surface area contributed by atoms with Gasteiger partial charge in [-0.1, -0.05) is 50.6 Å². The van der Waals surface area contributed by atoms with E-state index in [0.717, 1.165) is 32.5 Å². The molecule has 1 aromatic rings. The molecule has 1 aromatic carbocycles.